The molecule has 0 radical (unpaired) electrons. The number of carbonyl (C=O) groups excluding carboxylic acids is 1. The number of rotatable bonds is 5. The third-order valence-electron chi connectivity index (χ3n) is 3.94. The maximum absolute atomic E-state index is 12.9. The van der Waals surface area contributed by atoms with Gasteiger partial charge < -0.3 is 14.4 Å². The van der Waals surface area contributed by atoms with Crippen LogP contribution in [-0.2, 0) is 9.53 Å². The molecular weight excluding hydrogens is 327 g/mol. The van der Waals surface area contributed by atoms with Crippen molar-refractivity contribution < 1.29 is 18.7 Å². The highest BCUT2D eigenvalue weighted by atomic mass is 19.1. The maximum Gasteiger partial charge on any atom is 0.260 e. The summed E-state index contributed by atoms with van der Waals surface area (Å²) in [7, 11) is 0. The summed E-state index contributed by atoms with van der Waals surface area (Å²) in [5.74, 6) is 1.53. The van der Waals surface area contributed by atoms with Crippen LogP contribution in [0.2, 0.25) is 0 Å². The van der Waals surface area contributed by atoms with Crippen molar-refractivity contribution in [3.05, 3.63) is 41.7 Å². The van der Waals surface area contributed by atoms with Crippen molar-refractivity contribution in [2.75, 3.05) is 26.3 Å². The van der Waals surface area contributed by atoms with Crippen molar-refractivity contribution in [1.82, 2.24) is 20.1 Å². The molecule has 0 spiro atoms. The summed E-state index contributed by atoms with van der Waals surface area (Å²) in [4.78, 5) is 18.5. The second-order valence-electron chi connectivity index (χ2n) is 6.18. The van der Waals surface area contributed by atoms with E-state index in [1.54, 1.807) is 4.90 Å². The fraction of sp³-hybridized carbons (Fsp3) is 0.471. The number of morpholine rings is 1. The molecule has 8 heteroatoms. The van der Waals surface area contributed by atoms with E-state index in [-0.39, 0.29) is 30.4 Å². The lowest BCUT2D eigenvalue weighted by molar-refractivity contribution is -0.141. The molecule has 0 saturated carbocycles. The topological polar surface area (TPSA) is 80.3 Å². The third-order valence-corrected chi connectivity index (χ3v) is 3.94. The summed E-state index contributed by atoms with van der Waals surface area (Å²) >= 11 is 0. The van der Waals surface area contributed by atoms with E-state index in [1.165, 1.54) is 24.3 Å². The number of aromatic amines is 1. The molecule has 2 aromatic rings. The molecule has 3 rings (SSSR count). The van der Waals surface area contributed by atoms with Crippen LogP contribution in [0.1, 0.15) is 37.5 Å². The van der Waals surface area contributed by atoms with Gasteiger partial charge in [-0.2, -0.15) is 5.10 Å². The van der Waals surface area contributed by atoms with Crippen LogP contribution in [0.25, 0.3) is 0 Å². The van der Waals surface area contributed by atoms with Gasteiger partial charge in [-0.15, -0.1) is 0 Å². The molecule has 134 valence electrons. The number of H-pyrrole nitrogens is 1. The number of nitrogens with zero attached hydrogens (tertiary/aromatic N) is 3. The molecule has 1 saturated heterocycles. The van der Waals surface area contributed by atoms with Crippen molar-refractivity contribution in [2.45, 2.75) is 25.9 Å². The number of amides is 1. The molecular formula is C17H21FN4O3. The molecule has 0 unspecified atom stereocenters. The van der Waals surface area contributed by atoms with Gasteiger partial charge in [-0.05, 0) is 24.3 Å². The van der Waals surface area contributed by atoms with Gasteiger partial charge in [-0.25, -0.2) is 9.37 Å². The van der Waals surface area contributed by atoms with Crippen LogP contribution in [0.3, 0.4) is 0 Å². The van der Waals surface area contributed by atoms with Gasteiger partial charge in [-0.3, -0.25) is 9.89 Å². The van der Waals surface area contributed by atoms with Crippen molar-refractivity contribution in [2.24, 2.45) is 0 Å². The molecule has 1 amide bonds. The van der Waals surface area contributed by atoms with E-state index in [0.29, 0.717) is 31.3 Å². The lowest BCUT2D eigenvalue weighted by Gasteiger charge is -2.31. The van der Waals surface area contributed by atoms with Gasteiger partial charge in [0.1, 0.15) is 17.7 Å². The fourth-order valence-electron chi connectivity index (χ4n) is 2.50. The lowest BCUT2D eigenvalue weighted by Crippen LogP contribution is -2.44. The molecule has 25 heavy (non-hydrogen) atoms. The van der Waals surface area contributed by atoms with Crippen molar-refractivity contribution in [3.63, 3.8) is 0 Å². The second kappa shape index (κ2) is 7.60. The van der Waals surface area contributed by atoms with E-state index in [4.69, 9.17) is 9.47 Å². The van der Waals surface area contributed by atoms with Crippen LogP contribution >= 0.6 is 0 Å². The Hall–Kier alpha value is -2.48. The monoisotopic (exact) mass is 348 g/mol. The Morgan fingerprint density at radius 1 is 1.44 bits per heavy atom. The number of hydrogen-bond acceptors (Lipinski definition) is 5. The fourth-order valence-corrected chi connectivity index (χ4v) is 2.50. The number of benzene rings is 1. The number of ether oxygens (including phenoxy) is 2. The molecule has 1 N–H and O–H groups in total. The molecule has 2 heterocycles. The summed E-state index contributed by atoms with van der Waals surface area (Å²) in [5.41, 5.74) is 0. The van der Waals surface area contributed by atoms with Crippen molar-refractivity contribution in [1.29, 1.82) is 0 Å². The molecule has 1 aromatic carbocycles. The lowest BCUT2D eigenvalue weighted by atomic mass is 10.2. The minimum Gasteiger partial charge on any atom is -0.484 e. The first-order valence-corrected chi connectivity index (χ1v) is 8.23. The normalized spacial score (nSPS) is 17.8. The predicted molar refractivity (Wildman–Crippen MR) is 87.6 cm³/mol. The van der Waals surface area contributed by atoms with Crippen LogP contribution in [0.4, 0.5) is 4.39 Å². The van der Waals surface area contributed by atoms with Crippen LogP contribution in [0.5, 0.6) is 5.75 Å². The summed E-state index contributed by atoms with van der Waals surface area (Å²) in [6, 6.07) is 5.57. The first-order chi connectivity index (χ1) is 12.0. The Labute approximate surface area is 145 Å². The summed E-state index contributed by atoms with van der Waals surface area (Å²) < 4.78 is 24.0. The highest BCUT2D eigenvalue weighted by Gasteiger charge is 2.28. The van der Waals surface area contributed by atoms with Crippen LogP contribution < -0.4 is 4.74 Å². The van der Waals surface area contributed by atoms with E-state index in [0.717, 1.165) is 5.82 Å². The average Bonchev–Trinajstić information content (AvgIpc) is 3.11. The summed E-state index contributed by atoms with van der Waals surface area (Å²) in [6.07, 6.45) is -0.330. The molecule has 1 aliphatic rings. The summed E-state index contributed by atoms with van der Waals surface area (Å²) in [5, 5.41) is 7.06. The Balaban J connectivity index is 1.56. The Morgan fingerprint density at radius 3 is 2.88 bits per heavy atom. The molecule has 1 fully saturated rings. The van der Waals surface area contributed by atoms with Gasteiger partial charge >= 0.3 is 0 Å². The Morgan fingerprint density at radius 2 is 2.20 bits per heavy atom. The molecule has 1 aromatic heterocycles. The Bertz CT molecular complexity index is 717. The zero-order valence-corrected chi connectivity index (χ0v) is 14.2. The standard InChI is InChI=1S/C17H21FN4O3/c1-11(2)16-19-17(21-20-16)14-9-22(7-8-24-14)15(23)10-25-13-5-3-12(18)4-6-13/h3-6,11,14H,7-10H2,1-2H3,(H,19,20,21)/t14-/m0/s1. The number of aromatic nitrogens is 3. The second-order valence-corrected chi connectivity index (χ2v) is 6.18. The largest absolute Gasteiger partial charge is 0.484 e. The highest BCUT2D eigenvalue weighted by molar-refractivity contribution is 5.77. The van der Waals surface area contributed by atoms with Gasteiger partial charge in [0, 0.05) is 12.5 Å². The van der Waals surface area contributed by atoms with Gasteiger partial charge in [0.2, 0.25) is 0 Å². The predicted octanol–water partition coefficient (Wildman–Crippen LogP) is 2.05. The number of nitrogens with one attached hydrogen (secondary N) is 1. The zero-order valence-electron chi connectivity index (χ0n) is 14.2. The quantitative estimate of drug-likeness (QED) is 0.894. The van der Waals surface area contributed by atoms with Gasteiger partial charge in [0.05, 0.1) is 13.2 Å². The molecule has 1 atom stereocenters. The SMILES string of the molecule is CC(C)c1n[nH]c([C@@H]2CN(C(=O)COc3ccc(F)cc3)CCO2)n1. The van der Waals surface area contributed by atoms with E-state index in [1.807, 2.05) is 13.8 Å². The van der Waals surface area contributed by atoms with Gasteiger partial charge in [0.25, 0.3) is 5.91 Å². The Kier molecular flexibility index (Phi) is 5.28. The number of carbonyl (C=O) groups is 1. The minimum absolute atomic E-state index is 0.105. The van der Waals surface area contributed by atoms with E-state index in [2.05, 4.69) is 15.2 Å². The smallest absolute Gasteiger partial charge is 0.260 e. The summed E-state index contributed by atoms with van der Waals surface area (Å²) in [6.45, 7) is 5.22. The van der Waals surface area contributed by atoms with Crippen molar-refractivity contribution >= 4 is 5.91 Å². The molecule has 0 aliphatic carbocycles. The minimum atomic E-state index is -0.345. The third kappa shape index (κ3) is 4.33. The van der Waals surface area contributed by atoms with E-state index < -0.39 is 0 Å². The van der Waals surface area contributed by atoms with Crippen LogP contribution in [-0.4, -0.2) is 52.3 Å². The highest BCUT2D eigenvalue weighted by Crippen LogP contribution is 2.21. The first kappa shape index (κ1) is 17.3. The molecule has 0 bridgehead atoms. The molecule has 1 aliphatic heterocycles. The van der Waals surface area contributed by atoms with Crippen LogP contribution in [0.15, 0.2) is 24.3 Å². The average molecular weight is 348 g/mol. The number of halogens is 1. The van der Waals surface area contributed by atoms with Gasteiger partial charge in [0.15, 0.2) is 18.3 Å². The number of hydrogen-bond donors (Lipinski definition) is 1. The molecule has 7 nitrogen and oxygen atoms in total. The zero-order chi connectivity index (χ0) is 17.8. The first-order valence-electron chi connectivity index (χ1n) is 8.23. The van der Waals surface area contributed by atoms with E-state index in [9.17, 15) is 9.18 Å². The van der Waals surface area contributed by atoms with Crippen LogP contribution in [0, 0.1) is 5.82 Å². The van der Waals surface area contributed by atoms with Crippen molar-refractivity contribution in [3.8, 4) is 5.75 Å². The maximum atomic E-state index is 12.9. The van der Waals surface area contributed by atoms with E-state index >= 15 is 0 Å². The van der Waals surface area contributed by atoms with Gasteiger partial charge in [-0.1, -0.05) is 13.8 Å².